The van der Waals surface area contributed by atoms with E-state index in [0.717, 1.165) is 5.56 Å². The van der Waals surface area contributed by atoms with Crippen molar-refractivity contribution in [2.24, 2.45) is 0 Å². The molecule has 1 aliphatic rings. The minimum absolute atomic E-state index is 0.00221. The third-order valence-electron chi connectivity index (χ3n) is 5.09. The molecule has 7 nitrogen and oxygen atoms in total. The fourth-order valence-electron chi connectivity index (χ4n) is 3.62. The number of amides is 1. The molecule has 0 aromatic heterocycles. The summed E-state index contributed by atoms with van der Waals surface area (Å²) in [6, 6.07) is 9.66. The van der Waals surface area contributed by atoms with Gasteiger partial charge in [-0.3, -0.25) is 9.59 Å². The van der Waals surface area contributed by atoms with Crippen LogP contribution in [0.25, 0.3) is 5.76 Å². The molecule has 158 valence electrons. The van der Waals surface area contributed by atoms with Crippen LogP contribution in [0.1, 0.15) is 29.7 Å². The summed E-state index contributed by atoms with van der Waals surface area (Å²) < 4.78 is 16.3. The number of nitrogens with zero attached hydrogens (tertiary/aromatic N) is 1. The van der Waals surface area contributed by atoms with Gasteiger partial charge in [0.1, 0.15) is 11.5 Å². The highest BCUT2D eigenvalue weighted by atomic mass is 16.5. The number of rotatable bonds is 6. The second-order valence-electron chi connectivity index (χ2n) is 6.96. The van der Waals surface area contributed by atoms with Crippen LogP contribution in [0, 0.1) is 6.92 Å². The minimum Gasteiger partial charge on any atom is -0.507 e. The standard InChI is InChI=1S/C23H25NO6/c1-6-30-17-10-8-14(12-18(17)29-5)20-19(22(26)23(27)24(20)3)21(25)15-11-13(2)7-9-16(15)28-4/h7-12,20,25H,6H2,1-5H3/b21-19+. The van der Waals surface area contributed by atoms with E-state index in [1.54, 1.807) is 30.3 Å². The number of likely N-dealkylation sites (N-methyl/N-ethyl adjacent to an activating group) is 1. The highest BCUT2D eigenvalue weighted by Crippen LogP contribution is 2.42. The van der Waals surface area contributed by atoms with E-state index in [1.165, 1.54) is 26.2 Å². The van der Waals surface area contributed by atoms with Crippen molar-refractivity contribution in [3.8, 4) is 17.2 Å². The van der Waals surface area contributed by atoms with Gasteiger partial charge in [0.2, 0.25) is 0 Å². The fourth-order valence-corrected chi connectivity index (χ4v) is 3.62. The Morgan fingerprint density at radius 2 is 1.70 bits per heavy atom. The number of likely N-dealkylation sites (tertiary alicyclic amines) is 1. The number of methoxy groups -OCH3 is 2. The largest absolute Gasteiger partial charge is 0.507 e. The summed E-state index contributed by atoms with van der Waals surface area (Å²) in [4.78, 5) is 26.7. The molecule has 3 rings (SSSR count). The van der Waals surface area contributed by atoms with Crippen LogP contribution >= 0.6 is 0 Å². The molecule has 1 saturated heterocycles. The molecule has 1 heterocycles. The maximum absolute atomic E-state index is 12.8. The van der Waals surface area contributed by atoms with E-state index in [4.69, 9.17) is 14.2 Å². The van der Waals surface area contributed by atoms with Crippen molar-refractivity contribution in [3.05, 3.63) is 58.7 Å². The van der Waals surface area contributed by atoms with Crippen molar-refractivity contribution in [1.82, 2.24) is 4.90 Å². The molecule has 0 saturated carbocycles. The molecule has 1 unspecified atom stereocenters. The van der Waals surface area contributed by atoms with Gasteiger partial charge in [-0.1, -0.05) is 17.7 Å². The van der Waals surface area contributed by atoms with Gasteiger partial charge in [-0.2, -0.15) is 0 Å². The maximum atomic E-state index is 12.8. The SMILES string of the molecule is CCOc1ccc(C2/C(=C(\O)c3cc(C)ccc3OC)C(=O)C(=O)N2C)cc1OC. The molecule has 1 N–H and O–H groups in total. The third-order valence-corrected chi connectivity index (χ3v) is 5.09. The number of hydrogen-bond donors (Lipinski definition) is 1. The van der Waals surface area contributed by atoms with Crippen LogP contribution in [0.3, 0.4) is 0 Å². The molecular formula is C23H25NO6. The summed E-state index contributed by atoms with van der Waals surface area (Å²) >= 11 is 0. The van der Waals surface area contributed by atoms with Gasteiger partial charge in [0.05, 0.1) is 38.0 Å². The van der Waals surface area contributed by atoms with Gasteiger partial charge >= 0.3 is 0 Å². The van der Waals surface area contributed by atoms with Crippen molar-refractivity contribution in [2.75, 3.05) is 27.9 Å². The average Bonchev–Trinajstić information content (AvgIpc) is 2.97. The topological polar surface area (TPSA) is 85.3 Å². The Bertz CT molecular complexity index is 1030. The lowest BCUT2D eigenvalue weighted by Crippen LogP contribution is -2.24. The van der Waals surface area contributed by atoms with Crippen molar-refractivity contribution in [3.63, 3.8) is 0 Å². The number of aliphatic hydroxyl groups excluding tert-OH is 1. The molecule has 7 heteroatoms. The van der Waals surface area contributed by atoms with Crippen LogP contribution in [0.2, 0.25) is 0 Å². The molecule has 0 spiro atoms. The summed E-state index contributed by atoms with van der Waals surface area (Å²) in [6.45, 7) is 4.20. The third kappa shape index (κ3) is 3.58. The monoisotopic (exact) mass is 411 g/mol. The number of ether oxygens (including phenoxy) is 3. The highest BCUT2D eigenvalue weighted by molar-refractivity contribution is 6.46. The second-order valence-corrected chi connectivity index (χ2v) is 6.96. The van der Waals surface area contributed by atoms with Crippen LogP contribution in [0.15, 0.2) is 42.0 Å². The average molecular weight is 411 g/mol. The predicted molar refractivity (Wildman–Crippen MR) is 112 cm³/mol. The van der Waals surface area contributed by atoms with Gasteiger partial charge in [-0.15, -0.1) is 0 Å². The Morgan fingerprint density at radius 3 is 2.33 bits per heavy atom. The zero-order chi connectivity index (χ0) is 22.0. The molecule has 2 aromatic carbocycles. The number of ketones is 1. The van der Waals surface area contributed by atoms with E-state index in [9.17, 15) is 14.7 Å². The summed E-state index contributed by atoms with van der Waals surface area (Å²) in [5, 5.41) is 11.1. The lowest BCUT2D eigenvalue weighted by atomic mass is 9.94. The first-order chi connectivity index (χ1) is 14.3. The van der Waals surface area contributed by atoms with Crippen molar-refractivity contribution < 1.29 is 28.9 Å². The Kier molecular flexibility index (Phi) is 6.01. The maximum Gasteiger partial charge on any atom is 0.295 e. The smallest absolute Gasteiger partial charge is 0.295 e. The van der Waals surface area contributed by atoms with E-state index in [2.05, 4.69) is 0 Å². The highest BCUT2D eigenvalue weighted by Gasteiger charge is 2.44. The van der Waals surface area contributed by atoms with Crippen molar-refractivity contribution >= 4 is 17.4 Å². The summed E-state index contributed by atoms with van der Waals surface area (Å²) in [5.41, 5.74) is 1.84. The number of aliphatic hydroxyl groups is 1. The molecule has 2 aromatic rings. The van der Waals surface area contributed by atoms with E-state index in [1.807, 2.05) is 19.9 Å². The summed E-state index contributed by atoms with van der Waals surface area (Å²) in [5.74, 6) is -0.296. The number of aryl methyl sites for hydroxylation is 1. The molecule has 0 radical (unpaired) electrons. The molecule has 1 amide bonds. The Labute approximate surface area is 175 Å². The number of Topliss-reactive ketones (excluding diaryl/α,β-unsaturated/α-hetero) is 1. The molecule has 0 bridgehead atoms. The lowest BCUT2D eigenvalue weighted by Gasteiger charge is -2.22. The van der Waals surface area contributed by atoms with Crippen LogP contribution in [-0.4, -0.2) is 49.6 Å². The van der Waals surface area contributed by atoms with Gasteiger partial charge in [0, 0.05) is 7.05 Å². The minimum atomic E-state index is -0.778. The van der Waals surface area contributed by atoms with Crippen LogP contribution < -0.4 is 14.2 Å². The van der Waals surface area contributed by atoms with Crippen LogP contribution in [0.5, 0.6) is 17.2 Å². The Hall–Kier alpha value is -3.48. The molecule has 1 aliphatic heterocycles. The lowest BCUT2D eigenvalue weighted by molar-refractivity contribution is -0.139. The van der Waals surface area contributed by atoms with E-state index in [-0.39, 0.29) is 11.3 Å². The Balaban J connectivity index is 2.21. The summed E-state index contributed by atoms with van der Waals surface area (Å²) in [6.07, 6.45) is 0. The Morgan fingerprint density at radius 1 is 1.03 bits per heavy atom. The molecular weight excluding hydrogens is 386 g/mol. The van der Waals surface area contributed by atoms with Crippen molar-refractivity contribution in [1.29, 1.82) is 0 Å². The molecule has 1 fully saturated rings. The molecule has 1 atom stereocenters. The number of hydrogen-bond acceptors (Lipinski definition) is 6. The normalized spacial score (nSPS) is 17.9. The number of carbonyl (C=O) groups is 2. The van der Waals surface area contributed by atoms with Crippen LogP contribution in [-0.2, 0) is 9.59 Å². The first-order valence-corrected chi connectivity index (χ1v) is 9.54. The molecule has 0 aliphatic carbocycles. The zero-order valence-electron chi connectivity index (χ0n) is 17.7. The van der Waals surface area contributed by atoms with E-state index < -0.39 is 17.7 Å². The number of benzene rings is 2. The molecule has 30 heavy (non-hydrogen) atoms. The van der Waals surface area contributed by atoms with E-state index in [0.29, 0.717) is 35.0 Å². The number of carbonyl (C=O) groups excluding carboxylic acids is 2. The first kappa shape index (κ1) is 21.2. The fraction of sp³-hybridized carbons (Fsp3) is 0.304. The first-order valence-electron chi connectivity index (χ1n) is 9.54. The predicted octanol–water partition coefficient (Wildman–Crippen LogP) is 3.46. The van der Waals surface area contributed by atoms with Gasteiger partial charge in [-0.25, -0.2) is 0 Å². The van der Waals surface area contributed by atoms with E-state index >= 15 is 0 Å². The zero-order valence-corrected chi connectivity index (χ0v) is 17.7. The van der Waals surface area contributed by atoms with Gasteiger partial charge in [0.15, 0.2) is 11.5 Å². The quantitative estimate of drug-likeness (QED) is 0.445. The van der Waals surface area contributed by atoms with Gasteiger partial charge in [-0.05, 0) is 43.7 Å². The van der Waals surface area contributed by atoms with Gasteiger partial charge in [0.25, 0.3) is 11.7 Å². The van der Waals surface area contributed by atoms with Crippen molar-refractivity contribution in [2.45, 2.75) is 19.9 Å². The van der Waals surface area contributed by atoms with Gasteiger partial charge < -0.3 is 24.2 Å². The second kappa shape index (κ2) is 8.49. The van der Waals surface area contributed by atoms with Crippen LogP contribution in [0.4, 0.5) is 0 Å². The summed E-state index contributed by atoms with van der Waals surface area (Å²) in [7, 11) is 4.53.